The Balaban J connectivity index is 0. The Morgan fingerprint density at radius 2 is 1.08 bits per heavy atom. The molecule has 140 valence electrons. The molecule has 0 saturated heterocycles. The third kappa shape index (κ3) is 9.15. The van der Waals surface area contributed by atoms with E-state index in [0.29, 0.717) is 22.3 Å². The molecule has 0 aliphatic heterocycles. The van der Waals surface area contributed by atoms with Crippen molar-refractivity contribution in [3.63, 3.8) is 0 Å². The topological polar surface area (TPSA) is 47.9 Å². The van der Waals surface area contributed by atoms with Gasteiger partial charge >= 0.3 is 29.6 Å². The third-order valence-electron chi connectivity index (χ3n) is 2.62. The van der Waals surface area contributed by atoms with Gasteiger partial charge in [-0.2, -0.15) is 6.26 Å². The average molecular weight is 559 g/mol. The Bertz CT molecular complexity index is 669. The van der Waals surface area contributed by atoms with E-state index in [1.54, 1.807) is 38.7 Å². The summed E-state index contributed by atoms with van der Waals surface area (Å²) in [4.78, 5) is 0. The quantitative estimate of drug-likeness (QED) is 0.463. The zero-order chi connectivity index (χ0) is 19.6. The number of rotatable bonds is 3. The monoisotopic (exact) mass is 556 g/mol. The Hall–Kier alpha value is 0.530. The molecule has 1 N–H and O–H groups in total. The summed E-state index contributed by atoms with van der Waals surface area (Å²) in [5.74, 6) is 1.67. The zero-order valence-corrected chi connectivity index (χ0v) is 22.4. The summed E-state index contributed by atoms with van der Waals surface area (Å²) >= 11 is 22.2. The van der Waals surface area contributed by atoms with Crippen LogP contribution in [0.1, 0.15) is 0 Å². The van der Waals surface area contributed by atoms with Crippen molar-refractivity contribution in [2.75, 3.05) is 27.6 Å². The number of hydrogen-bond donors (Lipinski definition) is 1. The minimum absolute atomic E-state index is 0. The predicted octanol–water partition coefficient (Wildman–Crippen LogP) is 3.10. The number of methoxy groups -OCH3 is 3. The van der Waals surface area contributed by atoms with Crippen molar-refractivity contribution < 1.29 is 48.9 Å². The smallest absolute Gasteiger partial charge is 0.796 e. The predicted molar refractivity (Wildman–Crippen MR) is 113 cm³/mol. The molecule has 0 atom stereocenters. The molecule has 0 fully saturated rings. The molecule has 2 aromatic carbocycles. The number of halogens is 4. The summed E-state index contributed by atoms with van der Waals surface area (Å²) in [5.41, 5.74) is 0. The fourth-order valence-corrected chi connectivity index (χ4v) is 2.83. The summed E-state index contributed by atoms with van der Waals surface area (Å²) in [7, 11) is 4.62. The van der Waals surface area contributed by atoms with Crippen molar-refractivity contribution in [3.05, 3.63) is 43.3 Å². The first-order valence-electron chi connectivity index (χ1n) is 6.53. The normalized spacial score (nSPS) is 8.81. The van der Waals surface area contributed by atoms with E-state index in [4.69, 9.17) is 37.4 Å². The van der Waals surface area contributed by atoms with Crippen molar-refractivity contribution in [3.8, 4) is 23.0 Å². The van der Waals surface area contributed by atoms with Gasteiger partial charge in [-0.05, 0) is 24.3 Å². The molecule has 26 heavy (non-hydrogen) atoms. The largest absolute Gasteiger partial charge is 1.00 e. The van der Waals surface area contributed by atoms with Crippen LogP contribution in [-0.2, 0) is 12.6 Å². The molecule has 0 amide bonds. The van der Waals surface area contributed by atoms with Gasteiger partial charge in [-0.1, -0.05) is 55.1 Å². The minimum atomic E-state index is 0. The Labute approximate surface area is 208 Å². The molecule has 0 saturated carbocycles. The molecule has 0 aromatic heterocycles. The van der Waals surface area contributed by atoms with Crippen molar-refractivity contribution in [2.45, 2.75) is 0 Å². The van der Waals surface area contributed by atoms with Crippen LogP contribution in [0.3, 0.4) is 0 Å². The van der Waals surface area contributed by atoms with Gasteiger partial charge in [0.15, 0.2) is 0 Å². The fourth-order valence-electron chi connectivity index (χ4n) is 1.54. The second-order valence-corrected chi connectivity index (χ2v) is 6.65. The number of hydrogen-bond acceptors (Lipinski definition) is 5. The van der Waals surface area contributed by atoms with Crippen LogP contribution in [0.25, 0.3) is 0 Å². The molecule has 0 aliphatic rings. The van der Waals surface area contributed by atoms with E-state index in [1.165, 1.54) is 13.2 Å². The first-order valence-corrected chi connectivity index (χ1v) is 9.69. The second kappa shape index (κ2) is 15.5. The van der Waals surface area contributed by atoms with Gasteiger partial charge < -0.3 is 31.9 Å². The summed E-state index contributed by atoms with van der Waals surface area (Å²) in [6.07, 6.45) is 1.58. The average Bonchev–Trinajstić information content (AvgIpc) is 2.61. The Morgan fingerprint density at radius 3 is 1.42 bits per heavy atom. The summed E-state index contributed by atoms with van der Waals surface area (Å²) in [6, 6.07) is 6.75. The Kier molecular flexibility index (Phi) is 17.1. The first kappa shape index (κ1) is 28.7. The van der Waals surface area contributed by atoms with E-state index in [0.717, 1.165) is 8.95 Å². The van der Waals surface area contributed by atoms with Crippen molar-refractivity contribution in [1.29, 1.82) is 0 Å². The number of phenols is 1. The first-order chi connectivity index (χ1) is 11.8. The summed E-state index contributed by atoms with van der Waals surface area (Å²) in [6.45, 7) is 0. The van der Waals surface area contributed by atoms with Crippen LogP contribution < -0.4 is 43.8 Å². The molecule has 0 bridgehead atoms. The molecule has 0 radical (unpaired) electrons. The fraction of sp³-hybridized carbons (Fsp3) is 0.250. The van der Waals surface area contributed by atoms with Crippen molar-refractivity contribution in [1.82, 2.24) is 0 Å². The summed E-state index contributed by atoms with van der Waals surface area (Å²) in [5, 5.41) is 9.89. The summed E-state index contributed by atoms with van der Waals surface area (Å²) < 4.78 is 16.5. The molecule has 0 unspecified atom stereocenters. The zero-order valence-electron chi connectivity index (χ0n) is 14.9. The second-order valence-electron chi connectivity index (χ2n) is 4.07. The SMILES string of the molecule is COc1cc(Br)cc(O)c1Cl.COc1cc(Br)cc(OC)c1Cl.C[S-].[Na+]. The molecule has 0 spiro atoms. The van der Waals surface area contributed by atoms with Crippen LogP contribution in [0.4, 0.5) is 0 Å². The third-order valence-corrected chi connectivity index (χ3v) is 4.28. The van der Waals surface area contributed by atoms with Gasteiger partial charge in [0.25, 0.3) is 0 Å². The van der Waals surface area contributed by atoms with Gasteiger partial charge in [-0.3, -0.25) is 0 Å². The molecule has 4 nitrogen and oxygen atoms in total. The van der Waals surface area contributed by atoms with Crippen molar-refractivity contribution in [2.24, 2.45) is 0 Å². The standard InChI is InChI=1S/C8H8BrClO2.C7H6BrClO2.CH4S.Na/c1-11-6-3-5(9)4-7(12-2)8(6)10;1-11-6-3-4(8)2-5(10)7(6)9;1-2;/h3-4H,1-2H3;2-3,10H,1H3;2H,1H3;/q;;;+1/p-1. The van der Waals surface area contributed by atoms with E-state index in [2.05, 4.69) is 44.5 Å². The molecule has 0 heterocycles. The van der Waals surface area contributed by atoms with Gasteiger partial charge in [-0.15, -0.1) is 0 Å². The van der Waals surface area contributed by atoms with Crippen LogP contribution >= 0.6 is 55.1 Å². The van der Waals surface area contributed by atoms with Crippen LogP contribution in [-0.4, -0.2) is 32.7 Å². The van der Waals surface area contributed by atoms with E-state index < -0.39 is 0 Å². The van der Waals surface area contributed by atoms with E-state index >= 15 is 0 Å². The van der Waals surface area contributed by atoms with Gasteiger partial charge in [0.05, 0.1) is 21.3 Å². The van der Waals surface area contributed by atoms with Gasteiger partial charge in [0.2, 0.25) is 0 Å². The van der Waals surface area contributed by atoms with Gasteiger partial charge in [0, 0.05) is 8.95 Å². The van der Waals surface area contributed by atoms with Gasteiger partial charge in [0.1, 0.15) is 33.0 Å². The van der Waals surface area contributed by atoms with E-state index in [1.807, 2.05) is 0 Å². The molecule has 0 aliphatic carbocycles. The van der Waals surface area contributed by atoms with E-state index in [9.17, 15) is 5.11 Å². The van der Waals surface area contributed by atoms with Crippen LogP contribution in [0.2, 0.25) is 10.0 Å². The minimum Gasteiger partial charge on any atom is -0.796 e. The van der Waals surface area contributed by atoms with E-state index in [-0.39, 0.29) is 40.3 Å². The number of ether oxygens (including phenoxy) is 3. The molecule has 10 heteroatoms. The number of benzene rings is 2. The van der Waals surface area contributed by atoms with Gasteiger partial charge in [-0.25, -0.2) is 0 Å². The maximum absolute atomic E-state index is 9.17. The molecule has 2 aromatic rings. The maximum atomic E-state index is 9.17. The maximum Gasteiger partial charge on any atom is 1.00 e. The Morgan fingerprint density at radius 1 is 0.769 bits per heavy atom. The molecular weight excluding hydrogens is 542 g/mol. The number of aromatic hydroxyl groups is 1. The van der Waals surface area contributed by atoms with Crippen LogP contribution in [0, 0.1) is 0 Å². The number of phenolic OH excluding ortho intramolecular Hbond substituents is 1. The van der Waals surface area contributed by atoms with Crippen LogP contribution in [0.5, 0.6) is 23.0 Å². The molecule has 2 rings (SSSR count). The van der Waals surface area contributed by atoms with Crippen LogP contribution in [0.15, 0.2) is 33.2 Å². The molecular formula is C16H17Br2Cl2NaO4S. The van der Waals surface area contributed by atoms with Crippen molar-refractivity contribution >= 4 is 67.7 Å².